The lowest BCUT2D eigenvalue weighted by Gasteiger charge is -2.37. The van der Waals surface area contributed by atoms with Crippen molar-refractivity contribution in [3.8, 4) is 0 Å². The second kappa shape index (κ2) is 6.76. The van der Waals surface area contributed by atoms with Crippen LogP contribution in [0, 0.1) is 5.92 Å². The van der Waals surface area contributed by atoms with Crippen LogP contribution in [0.5, 0.6) is 0 Å². The number of piperazine rings is 1. The molecule has 1 aliphatic rings. The fourth-order valence-corrected chi connectivity index (χ4v) is 2.39. The highest BCUT2D eigenvalue weighted by Gasteiger charge is 2.34. The molecule has 0 aromatic rings. The first kappa shape index (κ1) is 15.0. The van der Waals surface area contributed by atoms with Crippen molar-refractivity contribution in [2.24, 2.45) is 5.92 Å². The van der Waals surface area contributed by atoms with Crippen LogP contribution in [-0.4, -0.2) is 35.3 Å². The number of nitrogens with zero attached hydrogens (tertiary/aromatic N) is 1. The van der Waals surface area contributed by atoms with Crippen LogP contribution in [-0.2, 0) is 9.59 Å². The van der Waals surface area contributed by atoms with Crippen molar-refractivity contribution in [2.75, 3.05) is 6.54 Å². The molecule has 1 rings (SSSR count). The molecule has 1 aliphatic heterocycles. The first-order chi connectivity index (χ1) is 8.45. The van der Waals surface area contributed by atoms with Gasteiger partial charge >= 0.3 is 0 Å². The minimum atomic E-state index is -0.324. The van der Waals surface area contributed by atoms with Crippen LogP contribution in [0.3, 0.4) is 0 Å². The van der Waals surface area contributed by atoms with E-state index < -0.39 is 0 Å². The number of unbranched alkanes of at least 4 members (excludes halogenated alkanes) is 1. The number of hydrogen-bond acceptors (Lipinski definition) is 2. The number of amides is 2. The molecule has 1 saturated heterocycles. The van der Waals surface area contributed by atoms with Gasteiger partial charge in [0.2, 0.25) is 11.8 Å². The summed E-state index contributed by atoms with van der Waals surface area (Å²) in [6, 6.07) is -0.159. The topological polar surface area (TPSA) is 49.4 Å². The van der Waals surface area contributed by atoms with E-state index in [4.69, 9.17) is 0 Å². The first-order valence-electron chi connectivity index (χ1n) is 7.05. The van der Waals surface area contributed by atoms with Crippen molar-refractivity contribution in [3.63, 3.8) is 0 Å². The zero-order valence-electron chi connectivity index (χ0n) is 12.0. The smallest absolute Gasteiger partial charge is 0.245 e. The zero-order valence-corrected chi connectivity index (χ0v) is 12.0. The van der Waals surface area contributed by atoms with Crippen LogP contribution in [0.25, 0.3) is 0 Å². The maximum Gasteiger partial charge on any atom is 0.245 e. The lowest BCUT2D eigenvalue weighted by Crippen LogP contribution is -2.60. The summed E-state index contributed by atoms with van der Waals surface area (Å²) in [6.45, 7) is 8.54. The van der Waals surface area contributed by atoms with Gasteiger partial charge < -0.3 is 10.2 Å². The third kappa shape index (κ3) is 4.00. The van der Waals surface area contributed by atoms with E-state index in [0.29, 0.717) is 5.92 Å². The number of carbonyl (C=O) groups is 2. The van der Waals surface area contributed by atoms with E-state index >= 15 is 0 Å². The molecule has 0 radical (unpaired) electrons. The molecule has 18 heavy (non-hydrogen) atoms. The Morgan fingerprint density at radius 1 is 1.33 bits per heavy atom. The van der Waals surface area contributed by atoms with Gasteiger partial charge in [-0.05, 0) is 25.7 Å². The lowest BCUT2D eigenvalue weighted by molar-refractivity contribution is -0.146. The number of rotatable bonds is 6. The number of hydrogen-bond donors (Lipinski definition) is 1. The molecule has 1 N–H and O–H groups in total. The van der Waals surface area contributed by atoms with Crippen LogP contribution in [0.2, 0.25) is 0 Å². The Balaban J connectivity index is 2.66. The molecular weight excluding hydrogens is 228 g/mol. The van der Waals surface area contributed by atoms with Crippen molar-refractivity contribution < 1.29 is 9.59 Å². The summed E-state index contributed by atoms with van der Waals surface area (Å²) in [5.74, 6) is 0.473. The third-order valence-corrected chi connectivity index (χ3v) is 3.44. The molecular formula is C14H26N2O2. The predicted octanol–water partition coefficient (Wildman–Crippen LogP) is 1.94. The average molecular weight is 254 g/mol. The van der Waals surface area contributed by atoms with Crippen LogP contribution in [0.15, 0.2) is 0 Å². The van der Waals surface area contributed by atoms with E-state index in [1.807, 2.05) is 6.92 Å². The Morgan fingerprint density at radius 3 is 2.56 bits per heavy atom. The third-order valence-electron chi connectivity index (χ3n) is 3.44. The van der Waals surface area contributed by atoms with Crippen molar-refractivity contribution in [1.82, 2.24) is 10.2 Å². The Kier molecular flexibility index (Phi) is 5.63. The molecule has 104 valence electrons. The summed E-state index contributed by atoms with van der Waals surface area (Å²) in [4.78, 5) is 25.8. The van der Waals surface area contributed by atoms with Crippen LogP contribution in [0.4, 0.5) is 0 Å². The molecule has 2 atom stereocenters. The van der Waals surface area contributed by atoms with Gasteiger partial charge in [-0.25, -0.2) is 0 Å². The van der Waals surface area contributed by atoms with E-state index in [-0.39, 0.29) is 30.4 Å². The fourth-order valence-electron chi connectivity index (χ4n) is 2.39. The standard InChI is InChI=1S/C14H26N2O2/c1-5-6-7-11(4)16-9-13(17)15-12(14(16)18)8-10(2)3/h10-12H,5-9H2,1-4H3,(H,15,17). The molecule has 0 aromatic heterocycles. The van der Waals surface area contributed by atoms with Gasteiger partial charge in [0.15, 0.2) is 0 Å². The Morgan fingerprint density at radius 2 is 2.00 bits per heavy atom. The maximum atomic E-state index is 12.3. The molecule has 0 saturated carbocycles. The van der Waals surface area contributed by atoms with Gasteiger partial charge in [-0.3, -0.25) is 9.59 Å². The lowest BCUT2D eigenvalue weighted by atomic mass is 9.99. The SMILES string of the molecule is CCCCC(C)N1CC(=O)NC(CC(C)C)C1=O. The van der Waals surface area contributed by atoms with Crippen molar-refractivity contribution in [1.29, 1.82) is 0 Å². The average Bonchev–Trinajstić information content (AvgIpc) is 2.29. The van der Waals surface area contributed by atoms with Gasteiger partial charge in [-0.15, -0.1) is 0 Å². The van der Waals surface area contributed by atoms with Crippen molar-refractivity contribution in [2.45, 2.75) is 65.5 Å². The monoisotopic (exact) mass is 254 g/mol. The molecule has 0 bridgehead atoms. The van der Waals surface area contributed by atoms with E-state index in [1.54, 1.807) is 4.90 Å². The summed E-state index contributed by atoms with van der Waals surface area (Å²) < 4.78 is 0. The van der Waals surface area contributed by atoms with Crippen LogP contribution in [0.1, 0.15) is 53.4 Å². The predicted molar refractivity (Wildman–Crippen MR) is 72.1 cm³/mol. The molecule has 2 unspecified atom stereocenters. The normalized spacial score (nSPS) is 22.3. The quantitative estimate of drug-likeness (QED) is 0.787. The molecule has 4 nitrogen and oxygen atoms in total. The largest absolute Gasteiger partial charge is 0.343 e. The van der Waals surface area contributed by atoms with Crippen LogP contribution >= 0.6 is 0 Å². The Labute approximate surface area is 110 Å². The summed E-state index contributed by atoms with van der Waals surface area (Å²) in [6.07, 6.45) is 3.92. The molecule has 1 fully saturated rings. The number of nitrogens with one attached hydrogen (secondary N) is 1. The number of carbonyl (C=O) groups excluding carboxylic acids is 2. The van der Waals surface area contributed by atoms with Gasteiger partial charge in [0.05, 0.1) is 6.54 Å². The van der Waals surface area contributed by atoms with E-state index in [1.165, 1.54) is 0 Å². The molecule has 1 heterocycles. The van der Waals surface area contributed by atoms with E-state index in [2.05, 4.69) is 26.1 Å². The van der Waals surface area contributed by atoms with Crippen LogP contribution < -0.4 is 5.32 Å². The maximum absolute atomic E-state index is 12.3. The summed E-state index contributed by atoms with van der Waals surface area (Å²) in [7, 11) is 0. The highest BCUT2D eigenvalue weighted by atomic mass is 16.2. The fraction of sp³-hybridized carbons (Fsp3) is 0.857. The summed E-state index contributed by atoms with van der Waals surface area (Å²) in [5, 5.41) is 2.81. The summed E-state index contributed by atoms with van der Waals surface area (Å²) in [5.41, 5.74) is 0. The van der Waals surface area contributed by atoms with E-state index in [9.17, 15) is 9.59 Å². The summed E-state index contributed by atoms with van der Waals surface area (Å²) >= 11 is 0. The molecule has 0 spiro atoms. The van der Waals surface area contributed by atoms with Gasteiger partial charge in [0.25, 0.3) is 0 Å². The van der Waals surface area contributed by atoms with Gasteiger partial charge in [-0.2, -0.15) is 0 Å². The minimum Gasteiger partial charge on any atom is -0.343 e. The zero-order chi connectivity index (χ0) is 13.7. The Hall–Kier alpha value is -1.06. The van der Waals surface area contributed by atoms with E-state index in [0.717, 1.165) is 25.7 Å². The molecule has 0 aliphatic carbocycles. The minimum absolute atomic E-state index is 0.0244. The molecule has 4 heteroatoms. The highest BCUT2D eigenvalue weighted by molar-refractivity contribution is 5.95. The van der Waals surface area contributed by atoms with Gasteiger partial charge in [-0.1, -0.05) is 33.6 Å². The molecule has 0 aromatic carbocycles. The highest BCUT2D eigenvalue weighted by Crippen LogP contribution is 2.16. The van der Waals surface area contributed by atoms with Crippen molar-refractivity contribution >= 4 is 11.8 Å². The second-order valence-corrected chi connectivity index (χ2v) is 5.71. The van der Waals surface area contributed by atoms with Gasteiger partial charge in [0, 0.05) is 6.04 Å². The van der Waals surface area contributed by atoms with Gasteiger partial charge in [0.1, 0.15) is 6.04 Å². The van der Waals surface area contributed by atoms with Crippen molar-refractivity contribution in [3.05, 3.63) is 0 Å². The first-order valence-corrected chi connectivity index (χ1v) is 7.05. The second-order valence-electron chi connectivity index (χ2n) is 5.71. The Bertz CT molecular complexity index is 302. The molecule has 2 amide bonds.